The summed E-state index contributed by atoms with van der Waals surface area (Å²) in [7, 11) is 1.65. The van der Waals surface area contributed by atoms with Crippen molar-refractivity contribution in [2.45, 2.75) is 9.24 Å². The van der Waals surface area contributed by atoms with Crippen LogP contribution in [0.3, 0.4) is 0 Å². The van der Waals surface area contributed by atoms with E-state index < -0.39 is 0 Å². The van der Waals surface area contributed by atoms with E-state index >= 15 is 0 Å². The molecular weight excluding hydrogens is 302 g/mol. The highest BCUT2D eigenvalue weighted by molar-refractivity contribution is 8.01. The van der Waals surface area contributed by atoms with Crippen LogP contribution in [0.5, 0.6) is 5.75 Å². The van der Waals surface area contributed by atoms with E-state index in [-0.39, 0.29) is 5.28 Å². The van der Waals surface area contributed by atoms with E-state index in [0.717, 1.165) is 25.2 Å². The summed E-state index contributed by atoms with van der Waals surface area (Å²) < 4.78 is 7.25. The SMILES string of the molecule is COc1ccc2sc(Sc3cnc(Cl)nc3)nc2c1. The molecule has 2 aromatic heterocycles. The molecule has 0 atom stereocenters. The average Bonchev–Trinajstić information content (AvgIpc) is 2.82. The molecular formula is C12H8ClN3OS2. The van der Waals surface area contributed by atoms with Gasteiger partial charge in [-0.15, -0.1) is 11.3 Å². The fraction of sp³-hybridized carbons (Fsp3) is 0.0833. The molecule has 4 nitrogen and oxygen atoms in total. The van der Waals surface area contributed by atoms with Gasteiger partial charge in [-0.1, -0.05) is 11.8 Å². The first-order valence-corrected chi connectivity index (χ1v) is 7.36. The Morgan fingerprint density at radius 1 is 1.26 bits per heavy atom. The fourth-order valence-electron chi connectivity index (χ4n) is 1.51. The van der Waals surface area contributed by atoms with Gasteiger partial charge in [0.1, 0.15) is 5.75 Å². The number of hydrogen-bond donors (Lipinski definition) is 0. The minimum absolute atomic E-state index is 0.249. The van der Waals surface area contributed by atoms with E-state index in [1.807, 2.05) is 18.2 Å². The van der Waals surface area contributed by atoms with Gasteiger partial charge in [-0.05, 0) is 23.7 Å². The highest BCUT2D eigenvalue weighted by atomic mass is 35.5. The summed E-state index contributed by atoms with van der Waals surface area (Å²) in [5.74, 6) is 0.809. The van der Waals surface area contributed by atoms with Crippen LogP contribution in [0.4, 0.5) is 0 Å². The number of fused-ring (bicyclic) bond motifs is 1. The van der Waals surface area contributed by atoms with E-state index in [1.165, 1.54) is 11.8 Å². The molecule has 1 aromatic carbocycles. The maximum absolute atomic E-state index is 5.65. The van der Waals surface area contributed by atoms with Crippen LogP contribution < -0.4 is 4.74 Å². The third-order valence-corrected chi connectivity index (χ3v) is 4.62. The van der Waals surface area contributed by atoms with Crippen LogP contribution in [0.15, 0.2) is 39.8 Å². The highest BCUT2D eigenvalue weighted by Gasteiger charge is 2.07. The minimum atomic E-state index is 0.249. The normalized spacial score (nSPS) is 10.8. The van der Waals surface area contributed by atoms with Gasteiger partial charge in [-0.3, -0.25) is 0 Å². The number of aromatic nitrogens is 3. The van der Waals surface area contributed by atoms with Gasteiger partial charge in [0.15, 0.2) is 4.34 Å². The molecule has 0 N–H and O–H groups in total. The van der Waals surface area contributed by atoms with Crippen LogP contribution in [0.1, 0.15) is 0 Å². The van der Waals surface area contributed by atoms with Crippen molar-refractivity contribution in [3.05, 3.63) is 35.9 Å². The first kappa shape index (κ1) is 12.7. The summed E-state index contributed by atoms with van der Waals surface area (Å²) in [5.41, 5.74) is 0.932. The Kier molecular flexibility index (Phi) is 3.54. The second-order valence-electron chi connectivity index (χ2n) is 3.60. The number of rotatable bonds is 3. The summed E-state index contributed by atoms with van der Waals surface area (Å²) in [5, 5.41) is 0.249. The maximum atomic E-state index is 5.65. The Balaban J connectivity index is 1.90. The summed E-state index contributed by atoms with van der Waals surface area (Å²) in [6.45, 7) is 0. The van der Waals surface area contributed by atoms with E-state index in [9.17, 15) is 0 Å². The molecule has 0 saturated carbocycles. The highest BCUT2D eigenvalue weighted by Crippen LogP contribution is 2.35. The van der Waals surface area contributed by atoms with Crippen molar-refractivity contribution in [3.63, 3.8) is 0 Å². The summed E-state index contributed by atoms with van der Waals surface area (Å²) >= 11 is 8.80. The molecule has 2 heterocycles. The molecule has 3 aromatic rings. The molecule has 0 aliphatic carbocycles. The van der Waals surface area contributed by atoms with Crippen molar-refractivity contribution in [1.29, 1.82) is 0 Å². The molecule has 7 heteroatoms. The Morgan fingerprint density at radius 3 is 2.79 bits per heavy atom. The first-order valence-electron chi connectivity index (χ1n) is 5.34. The van der Waals surface area contributed by atoms with Crippen LogP contribution in [0, 0.1) is 0 Å². The summed E-state index contributed by atoms with van der Waals surface area (Å²) in [6.07, 6.45) is 3.37. The van der Waals surface area contributed by atoms with E-state index in [2.05, 4.69) is 15.0 Å². The molecule has 0 aliphatic heterocycles. The molecule has 0 amide bonds. The molecule has 0 radical (unpaired) electrons. The van der Waals surface area contributed by atoms with Crippen LogP contribution >= 0.6 is 34.7 Å². The standard InChI is InChI=1S/C12H8ClN3OS2/c1-17-7-2-3-10-9(4-7)16-12(19-10)18-8-5-14-11(13)15-6-8/h2-6H,1H3. The Hall–Kier alpha value is -1.37. The molecule has 0 spiro atoms. The van der Waals surface area contributed by atoms with Gasteiger partial charge < -0.3 is 4.74 Å². The summed E-state index contributed by atoms with van der Waals surface area (Å²) in [4.78, 5) is 13.4. The average molecular weight is 310 g/mol. The minimum Gasteiger partial charge on any atom is -0.497 e. The van der Waals surface area contributed by atoms with Crippen LogP contribution in [-0.2, 0) is 0 Å². The van der Waals surface area contributed by atoms with Crippen LogP contribution in [0.2, 0.25) is 5.28 Å². The number of benzene rings is 1. The Morgan fingerprint density at radius 2 is 2.05 bits per heavy atom. The van der Waals surface area contributed by atoms with E-state index in [0.29, 0.717) is 0 Å². The van der Waals surface area contributed by atoms with Crippen molar-refractivity contribution < 1.29 is 4.74 Å². The predicted octanol–water partition coefficient (Wildman–Crippen LogP) is 3.90. The number of ether oxygens (including phenoxy) is 1. The lowest BCUT2D eigenvalue weighted by Crippen LogP contribution is -1.82. The molecule has 19 heavy (non-hydrogen) atoms. The van der Waals surface area contributed by atoms with Crippen LogP contribution in [-0.4, -0.2) is 22.1 Å². The zero-order chi connectivity index (χ0) is 13.2. The van der Waals surface area contributed by atoms with Crippen LogP contribution in [0.25, 0.3) is 10.2 Å². The van der Waals surface area contributed by atoms with Crippen molar-refractivity contribution in [1.82, 2.24) is 15.0 Å². The Bertz CT molecular complexity index is 715. The van der Waals surface area contributed by atoms with E-state index in [4.69, 9.17) is 16.3 Å². The predicted molar refractivity (Wildman–Crippen MR) is 77.3 cm³/mol. The second-order valence-corrected chi connectivity index (χ2v) is 6.29. The van der Waals surface area contributed by atoms with Gasteiger partial charge >= 0.3 is 0 Å². The van der Waals surface area contributed by atoms with Gasteiger partial charge in [-0.25, -0.2) is 15.0 Å². The number of nitrogens with zero attached hydrogens (tertiary/aromatic N) is 3. The van der Waals surface area contributed by atoms with Gasteiger partial charge in [0.2, 0.25) is 5.28 Å². The third kappa shape index (κ3) is 2.80. The lowest BCUT2D eigenvalue weighted by atomic mass is 10.3. The molecule has 0 aliphatic rings. The molecule has 0 fully saturated rings. The smallest absolute Gasteiger partial charge is 0.222 e. The number of hydrogen-bond acceptors (Lipinski definition) is 6. The van der Waals surface area contributed by atoms with E-state index in [1.54, 1.807) is 30.8 Å². The number of halogens is 1. The lowest BCUT2D eigenvalue weighted by molar-refractivity contribution is 0.415. The fourth-order valence-corrected chi connectivity index (χ4v) is 3.57. The quantitative estimate of drug-likeness (QED) is 0.687. The third-order valence-electron chi connectivity index (χ3n) is 2.38. The van der Waals surface area contributed by atoms with Crippen molar-refractivity contribution in [2.24, 2.45) is 0 Å². The van der Waals surface area contributed by atoms with Gasteiger partial charge in [0, 0.05) is 18.5 Å². The van der Waals surface area contributed by atoms with Gasteiger partial charge in [-0.2, -0.15) is 0 Å². The Labute approximate surface area is 122 Å². The van der Waals surface area contributed by atoms with Gasteiger partial charge in [0.25, 0.3) is 0 Å². The topological polar surface area (TPSA) is 47.9 Å². The molecule has 0 saturated heterocycles. The lowest BCUT2D eigenvalue weighted by Gasteiger charge is -1.96. The maximum Gasteiger partial charge on any atom is 0.222 e. The molecule has 0 unspecified atom stereocenters. The largest absolute Gasteiger partial charge is 0.497 e. The van der Waals surface area contributed by atoms with Crippen molar-refractivity contribution >= 4 is 44.9 Å². The second kappa shape index (κ2) is 5.32. The number of thiazole rings is 1. The zero-order valence-electron chi connectivity index (χ0n) is 9.83. The van der Waals surface area contributed by atoms with Crippen molar-refractivity contribution in [3.8, 4) is 5.75 Å². The van der Waals surface area contributed by atoms with Gasteiger partial charge in [0.05, 0.1) is 22.2 Å². The molecule has 3 rings (SSSR count). The summed E-state index contributed by atoms with van der Waals surface area (Å²) in [6, 6.07) is 5.86. The monoisotopic (exact) mass is 309 g/mol. The zero-order valence-corrected chi connectivity index (χ0v) is 12.2. The molecule has 96 valence electrons. The first-order chi connectivity index (χ1) is 9.24. The molecule has 0 bridgehead atoms. The number of methoxy groups -OCH3 is 1. The van der Waals surface area contributed by atoms with Crippen molar-refractivity contribution in [2.75, 3.05) is 7.11 Å².